The van der Waals surface area contributed by atoms with Crippen molar-refractivity contribution in [2.45, 2.75) is 0 Å². The highest BCUT2D eigenvalue weighted by molar-refractivity contribution is 9.10. The highest BCUT2D eigenvalue weighted by atomic mass is 79.9. The van der Waals surface area contributed by atoms with E-state index in [0.717, 1.165) is 15.7 Å². The summed E-state index contributed by atoms with van der Waals surface area (Å²) in [6.45, 7) is 0. The van der Waals surface area contributed by atoms with E-state index in [0.29, 0.717) is 15.1 Å². The fourth-order valence-corrected chi connectivity index (χ4v) is 3.77. The quantitative estimate of drug-likeness (QED) is 0.593. The van der Waals surface area contributed by atoms with Gasteiger partial charge in [-0.05, 0) is 18.2 Å². The van der Waals surface area contributed by atoms with Crippen LogP contribution >= 0.6 is 27.3 Å². The SMILES string of the molecule is CN1C(=O)/C(=c2\sc3ncnn3c2=O)c2cc(Br)ccc21. The zero-order valence-electron chi connectivity index (χ0n) is 10.7. The number of carbonyl (C=O) groups excluding carboxylic acids is 1. The van der Waals surface area contributed by atoms with Crippen LogP contribution < -0.4 is 15.0 Å². The molecule has 8 heteroatoms. The molecule has 3 heterocycles. The number of fused-ring (bicyclic) bond motifs is 2. The van der Waals surface area contributed by atoms with Gasteiger partial charge >= 0.3 is 0 Å². The Morgan fingerprint density at radius 1 is 1.29 bits per heavy atom. The van der Waals surface area contributed by atoms with Crippen LogP contribution in [0.25, 0.3) is 10.5 Å². The van der Waals surface area contributed by atoms with E-state index in [1.54, 1.807) is 11.9 Å². The van der Waals surface area contributed by atoms with E-state index in [1.807, 2.05) is 18.2 Å². The maximum absolute atomic E-state index is 12.5. The second kappa shape index (κ2) is 4.22. The molecule has 2 aromatic heterocycles. The van der Waals surface area contributed by atoms with Crippen LogP contribution in [0.2, 0.25) is 0 Å². The van der Waals surface area contributed by atoms with Crippen LogP contribution in [0.15, 0.2) is 33.8 Å². The number of hydrogen-bond donors (Lipinski definition) is 0. The Labute approximate surface area is 130 Å². The molecular formula is C13H7BrN4O2S. The monoisotopic (exact) mass is 362 g/mol. The van der Waals surface area contributed by atoms with Gasteiger partial charge in [0.1, 0.15) is 10.9 Å². The summed E-state index contributed by atoms with van der Waals surface area (Å²) in [5, 5.41) is 3.88. The summed E-state index contributed by atoms with van der Waals surface area (Å²) >= 11 is 4.58. The highest BCUT2D eigenvalue weighted by Gasteiger charge is 2.32. The third-order valence-electron chi connectivity index (χ3n) is 3.43. The lowest BCUT2D eigenvalue weighted by atomic mass is 10.1. The Balaban J connectivity index is 2.18. The van der Waals surface area contributed by atoms with Gasteiger partial charge in [-0.1, -0.05) is 27.3 Å². The van der Waals surface area contributed by atoms with Crippen LogP contribution in [0, 0.1) is 0 Å². The summed E-state index contributed by atoms with van der Waals surface area (Å²) in [6.07, 6.45) is 1.33. The van der Waals surface area contributed by atoms with E-state index in [2.05, 4.69) is 26.0 Å². The molecule has 4 rings (SSSR count). The van der Waals surface area contributed by atoms with Crippen molar-refractivity contribution in [3.8, 4) is 0 Å². The number of rotatable bonds is 0. The fraction of sp³-hybridized carbons (Fsp3) is 0.0769. The number of amides is 1. The molecule has 0 saturated heterocycles. The maximum Gasteiger partial charge on any atom is 0.291 e. The Kier molecular flexibility index (Phi) is 2.54. The lowest BCUT2D eigenvalue weighted by Gasteiger charge is -2.08. The van der Waals surface area contributed by atoms with Crippen molar-refractivity contribution in [2.24, 2.45) is 0 Å². The molecule has 0 saturated carbocycles. The minimum absolute atomic E-state index is 0.190. The molecule has 3 aromatic rings. The molecule has 0 bridgehead atoms. The molecule has 21 heavy (non-hydrogen) atoms. The third kappa shape index (κ3) is 1.63. The number of thiazole rings is 1. The zero-order chi connectivity index (χ0) is 14.7. The van der Waals surface area contributed by atoms with E-state index < -0.39 is 0 Å². The Hall–Kier alpha value is -2.06. The first-order valence-electron chi connectivity index (χ1n) is 6.03. The van der Waals surface area contributed by atoms with Gasteiger partial charge in [0.25, 0.3) is 11.5 Å². The Morgan fingerprint density at radius 3 is 2.86 bits per heavy atom. The molecule has 0 spiro atoms. The van der Waals surface area contributed by atoms with E-state index in [-0.39, 0.29) is 11.5 Å². The summed E-state index contributed by atoms with van der Waals surface area (Å²) in [5.74, 6) is -0.190. The van der Waals surface area contributed by atoms with Crippen LogP contribution in [-0.2, 0) is 4.79 Å². The zero-order valence-corrected chi connectivity index (χ0v) is 13.1. The Morgan fingerprint density at radius 2 is 2.10 bits per heavy atom. The number of nitrogens with zero attached hydrogens (tertiary/aromatic N) is 4. The minimum Gasteiger partial charge on any atom is -0.311 e. The van der Waals surface area contributed by atoms with Crippen LogP contribution in [-0.4, -0.2) is 27.6 Å². The first-order chi connectivity index (χ1) is 10.1. The third-order valence-corrected chi connectivity index (χ3v) is 4.97. The lowest BCUT2D eigenvalue weighted by Crippen LogP contribution is -2.30. The average molecular weight is 363 g/mol. The summed E-state index contributed by atoms with van der Waals surface area (Å²) in [6, 6.07) is 5.57. The number of halogens is 1. The van der Waals surface area contributed by atoms with Gasteiger partial charge in [-0.2, -0.15) is 9.61 Å². The number of anilines is 1. The van der Waals surface area contributed by atoms with Crippen molar-refractivity contribution >= 4 is 49.4 Å². The first-order valence-corrected chi connectivity index (χ1v) is 7.63. The van der Waals surface area contributed by atoms with E-state index in [1.165, 1.54) is 22.2 Å². The van der Waals surface area contributed by atoms with Gasteiger partial charge in [-0.15, -0.1) is 0 Å². The predicted molar refractivity (Wildman–Crippen MR) is 82.4 cm³/mol. The molecule has 0 aliphatic carbocycles. The molecule has 0 N–H and O–H groups in total. The predicted octanol–water partition coefficient (Wildman–Crippen LogP) is 0.808. The van der Waals surface area contributed by atoms with Crippen molar-refractivity contribution in [3.05, 3.63) is 49.4 Å². The number of hydrogen-bond acceptors (Lipinski definition) is 5. The number of benzene rings is 1. The molecule has 0 radical (unpaired) electrons. The van der Waals surface area contributed by atoms with Crippen molar-refractivity contribution in [1.29, 1.82) is 0 Å². The van der Waals surface area contributed by atoms with E-state index in [9.17, 15) is 9.59 Å². The van der Waals surface area contributed by atoms with Crippen LogP contribution in [0.1, 0.15) is 5.56 Å². The summed E-state index contributed by atoms with van der Waals surface area (Å²) in [7, 11) is 1.70. The van der Waals surface area contributed by atoms with Crippen molar-refractivity contribution in [1.82, 2.24) is 14.6 Å². The van der Waals surface area contributed by atoms with Crippen LogP contribution in [0.5, 0.6) is 0 Å². The van der Waals surface area contributed by atoms with Crippen molar-refractivity contribution in [3.63, 3.8) is 0 Å². The molecule has 0 unspecified atom stereocenters. The summed E-state index contributed by atoms with van der Waals surface area (Å²) in [4.78, 5) is 31.0. The van der Waals surface area contributed by atoms with Crippen molar-refractivity contribution in [2.75, 3.05) is 11.9 Å². The second-order valence-corrected chi connectivity index (χ2v) is 6.48. The van der Waals surface area contributed by atoms with Crippen molar-refractivity contribution < 1.29 is 4.79 Å². The largest absolute Gasteiger partial charge is 0.311 e. The van der Waals surface area contributed by atoms with Gasteiger partial charge in [0.2, 0.25) is 4.96 Å². The number of carbonyl (C=O) groups is 1. The standard InChI is InChI=1S/C13H7BrN4O2S/c1-17-8-3-2-6(14)4-7(8)9(11(17)19)10-12(20)18-13(21-10)15-5-16-18/h2-5H,1H3/b10-9-. The van der Waals surface area contributed by atoms with Gasteiger partial charge in [0.05, 0.1) is 11.3 Å². The highest BCUT2D eigenvalue weighted by Crippen LogP contribution is 2.36. The minimum atomic E-state index is -0.308. The van der Waals surface area contributed by atoms with Gasteiger partial charge in [0.15, 0.2) is 0 Å². The topological polar surface area (TPSA) is 67.6 Å². The molecule has 1 aromatic carbocycles. The van der Waals surface area contributed by atoms with Gasteiger partial charge in [0, 0.05) is 17.1 Å². The summed E-state index contributed by atoms with van der Waals surface area (Å²) < 4.78 is 2.45. The molecule has 1 aliphatic rings. The Bertz CT molecular complexity index is 1020. The smallest absolute Gasteiger partial charge is 0.291 e. The normalized spacial score (nSPS) is 16.9. The lowest BCUT2D eigenvalue weighted by molar-refractivity contribution is -0.112. The van der Waals surface area contributed by atoms with E-state index in [4.69, 9.17) is 0 Å². The van der Waals surface area contributed by atoms with Crippen LogP contribution in [0.4, 0.5) is 5.69 Å². The second-order valence-electron chi connectivity index (χ2n) is 4.59. The molecule has 0 fully saturated rings. The molecular weight excluding hydrogens is 356 g/mol. The van der Waals surface area contributed by atoms with Gasteiger partial charge in [-0.3, -0.25) is 9.59 Å². The molecule has 1 aliphatic heterocycles. The van der Waals surface area contributed by atoms with Gasteiger partial charge < -0.3 is 4.90 Å². The fourth-order valence-electron chi connectivity index (χ4n) is 2.44. The maximum atomic E-state index is 12.5. The first kappa shape index (κ1) is 12.7. The van der Waals surface area contributed by atoms with Gasteiger partial charge in [-0.25, -0.2) is 4.98 Å². The molecule has 0 atom stereocenters. The summed E-state index contributed by atoms with van der Waals surface area (Å²) in [5.41, 5.74) is 1.64. The average Bonchev–Trinajstić information content (AvgIpc) is 3.08. The number of aromatic nitrogens is 3. The number of likely N-dealkylation sites (N-methyl/N-ethyl adjacent to an activating group) is 1. The molecule has 1 amide bonds. The molecule has 6 nitrogen and oxygen atoms in total. The van der Waals surface area contributed by atoms with E-state index >= 15 is 0 Å². The molecule has 104 valence electrons. The van der Waals surface area contributed by atoms with Crippen LogP contribution in [0.3, 0.4) is 0 Å².